The Balaban J connectivity index is 2.02. The number of thioether (sulfide) groups is 1. The highest BCUT2D eigenvalue weighted by molar-refractivity contribution is 8.04. The lowest BCUT2D eigenvalue weighted by atomic mass is 10.1. The minimum atomic E-state index is -0.368. The van der Waals surface area contributed by atoms with Gasteiger partial charge in [0.1, 0.15) is 5.75 Å². The molecule has 2 aromatic rings. The van der Waals surface area contributed by atoms with Gasteiger partial charge >= 0.3 is 0 Å². The topological polar surface area (TPSA) is 66.8 Å². The van der Waals surface area contributed by atoms with Crippen LogP contribution in [-0.4, -0.2) is 36.4 Å². The molecule has 1 aliphatic rings. The molecule has 0 bridgehead atoms. The Hall–Kier alpha value is -2.57. The van der Waals surface area contributed by atoms with Crippen LogP contribution in [0, 0.1) is 0 Å². The van der Waals surface area contributed by atoms with Gasteiger partial charge in [-0.05, 0) is 29.8 Å². The third kappa shape index (κ3) is 3.31. The molecule has 0 aromatic heterocycles. The number of benzene rings is 2. The molecule has 0 unspecified atom stereocenters. The van der Waals surface area contributed by atoms with Gasteiger partial charge in [-0.25, -0.2) is 4.90 Å². The molecule has 2 amide bonds. The summed E-state index contributed by atoms with van der Waals surface area (Å²) in [6.07, 6.45) is 0. The standard InChI is InChI=1S/C19H17NO4S/c1-24-15-9-7-14(8-10-15)20-18(22)16(13-5-3-2-4-6-13)17(19(20)23)25-12-11-21/h2-10,21H,11-12H2,1H3. The molecule has 0 fully saturated rings. The number of amides is 2. The highest BCUT2D eigenvalue weighted by atomic mass is 32.2. The summed E-state index contributed by atoms with van der Waals surface area (Å²) >= 11 is 1.20. The first-order valence-corrected chi connectivity index (χ1v) is 8.72. The molecule has 0 saturated carbocycles. The van der Waals surface area contributed by atoms with E-state index in [0.717, 1.165) is 0 Å². The van der Waals surface area contributed by atoms with Gasteiger partial charge in [0.15, 0.2) is 0 Å². The number of nitrogens with zero attached hydrogens (tertiary/aromatic N) is 1. The SMILES string of the molecule is COc1ccc(N2C(=O)C(SCCO)=C(c3ccccc3)C2=O)cc1. The number of ether oxygens (including phenoxy) is 1. The Bertz CT molecular complexity index is 815. The molecule has 0 aliphatic carbocycles. The van der Waals surface area contributed by atoms with E-state index in [1.165, 1.54) is 16.7 Å². The minimum Gasteiger partial charge on any atom is -0.497 e. The smallest absolute Gasteiger partial charge is 0.272 e. The molecule has 5 nitrogen and oxygen atoms in total. The summed E-state index contributed by atoms with van der Waals surface area (Å²) in [5.74, 6) is 0.268. The van der Waals surface area contributed by atoms with Gasteiger partial charge in [-0.2, -0.15) is 0 Å². The fourth-order valence-corrected chi connectivity index (χ4v) is 3.48. The van der Waals surface area contributed by atoms with Crippen LogP contribution < -0.4 is 9.64 Å². The van der Waals surface area contributed by atoms with Crippen molar-refractivity contribution in [1.82, 2.24) is 0 Å². The number of rotatable bonds is 6. The third-order valence-electron chi connectivity index (χ3n) is 3.77. The van der Waals surface area contributed by atoms with E-state index >= 15 is 0 Å². The highest BCUT2D eigenvalue weighted by Gasteiger charge is 2.39. The maximum atomic E-state index is 13.0. The molecule has 6 heteroatoms. The van der Waals surface area contributed by atoms with Crippen LogP contribution in [0.15, 0.2) is 59.5 Å². The largest absolute Gasteiger partial charge is 0.497 e. The first-order valence-electron chi connectivity index (χ1n) is 7.73. The molecule has 0 radical (unpaired) electrons. The van der Waals surface area contributed by atoms with Crippen LogP contribution in [0.4, 0.5) is 5.69 Å². The number of aliphatic hydroxyl groups is 1. The normalized spacial score (nSPS) is 14.4. The van der Waals surface area contributed by atoms with Crippen LogP contribution >= 0.6 is 11.8 Å². The molecule has 1 aliphatic heterocycles. The zero-order valence-corrected chi connectivity index (χ0v) is 14.5. The first kappa shape index (κ1) is 17.3. The summed E-state index contributed by atoms with van der Waals surface area (Å²) in [4.78, 5) is 27.4. The van der Waals surface area contributed by atoms with Crippen molar-refractivity contribution < 1.29 is 19.4 Å². The summed E-state index contributed by atoms with van der Waals surface area (Å²) in [6, 6.07) is 15.9. The monoisotopic (exact) mass is 355 g/mol. The Kier molecular flexibility index (Phi) is 5.21. The van der Waals surface area contributed by atoms with Crippen molar-refractivity contribution in [3.63, 3.8) is 0 Å². The average Bonchev–Trinajstić information content (AvgIpc) is 2.90. The molecule has 0 saturated heterocycles. The molecule has 128 valence electrons. The summed E-state index contributed by atoms with van der Waals surface area (Å²) in [5.41, 5.74) is 1.56. The summed E-state index contributed by atoms with van der Waals surface area (Å²) in [5, 5.41) is 9.11. The lowest BCUT2D eigenvalue weighted by Gasteiger charge is -2.15. The van der Waals surface area contributed by atoms with Crippen molar-refractivity contribution in [2.75, 3.05) is 24.4 Å². The number of anilines is 1. The maximum Gasteiger partial charge on any atom is 0.272 e. The fraction of sp³-hybridized carbons (Fsp3) is 0.158. The molecular formula is C19H17NO4S. The van der Waals surface area contributed by atoms with Crippen molar-refractivity contribution in [3.05, 3.63) is 65.1 Å². The van der Waals surface area contributed by atoms with Crippen molar-refractivity contribution >= 4 is 34.8 Å². The number of hydrogen-bond acceptors (Lipinski definition) is 5. The van der Waals surface area contributed by atoms with Crippen LogP contribution in [0.3, 0.4) is 0 Å². The van der Waals surface area contributed by atoms with Crippen LogP contribution in [0.2, 0.25) is 0 Å². The van der Waals surface area contributed by atoms with Gasteiger partial charge in [-0.3, -0.25) is 9.59 Å². The van der Waals surface area contributed by atoms with E-state index in [2.05, 4.69) is 0 Å². The molecule has 1 heterocycles. The molecule has 0 atom stereocenters. The number of imide groups is 1. The Morgan fingerprint density at radius 1 is 1.00 bits per heavy atom. The van der Waals surface area contributed by atoms with Gasteiger partial charge in [0, 0.05) is 5.75 Å². The van der Waals surface area contributed by atoms with Gasteiger partial charge in [0.05, 0.1) is 29.9 Å². The van der Waals surface area contributed by atoms with E-state index in [-0.39, 0.29) is 18.4 Å². The number of methoxy groups -OCH3 is 1. The van der Waals surface area contributed by atoms with Gasteiger partial charge in [-0.15, -0.1) is 11.8 Å². The fourth-order valence-electron chi connectivity index (χ4n) is 2.62. The van der Waals surface area contributed by atoms with E-state index in [0.29, 0.717) is 33.2 Å². The van der Waals surface area contributed by atoms with Gasteiger partial charge in [0.25, 0.3) is 11.8 Å². The van der Waals surface area contributed by atoms with E-state index in [4.69, 9.17) is 9.84 Å². The molecule has 3 rings (SSSR count). The highest BCUT2D eigenvalue weighted by Crippen LogP contribution is 2.38. The van der Waals surface area contributed by atoms with Gasteiger partial charge in [0.2, 0.25) is 0 Å². The van der Waals surface area contributed by atoms with Crippen LogP contribution in [0.25, 0.3) is 5.57 Å². The molecule has 0 spiro atoms. The first-order chi connectivity index (χ1) is 12.2. The third-order valence-corrected chi connectivity index (χ3v) is 4.83. The lowest BCUT2D eigenvalue weighted by molar-refractivity contribution is -0.119. The number of hydrogen-bond donors (Lipinski definition) is 1. The Morgan fingerprint density at radius 2 is 1.68 bits per heavy atom. The maximum absolute atomic E-state index is 13.0. The zero-order valence-electron chi connectivity index (χ0n) is 13.6. The molecule has 1 N–H and O–H groups in total. The van der Waals surface area contributed by atoms with Crippen LogP contribution in [-0.2, 0) is 9.59 Å². The summed E-state index contributed by atoms with van der Waals surface area (Å²) in [6.45, 7) is -0.0692. The van der Waals surface area contributed by atoms with Crippen LogP contribution in [0.5, 0.6) is 5.75 Å². The summed E-state index contributed by atoms with van der Waals surface area (Å²) in [7, 11) is 1.56. The van der Waals surface area contributed by atoms with E-state index in [1.807, 2.05) is 18.2 Å². The van der Waals surface area contributed by atoms with Crippen LogP contribution in [0.1, 0.15) is 5.56 Å². The van der Waals surface area contributed by atoms with Crippen molar-refractivity contribution in [1.29, 1.82) is 0 Å². The molecular weight excluding hydrogens is 338 g/mol. The second-order valence-electron chi connectivity index (χ2n) is 5.29. The number of aliphatic hydroxyl groups excluding tert-OH is 1. The van der Waals surface area contributed by atoms with Crippen molar-refractivity contribution in [2.24, 2.45) is 0 Å². The quantitative estimate of drug-likeness (QED) is 0.807. The minimum absolute atomic E-state index is 0.0692. The zero-order chi connectivity index (χ0) is 17.8. The molecule has 25 heavy (non-hydrogen) atoms. The predicted molar refractivity (Wildman–Crippen MR) is 98.4 cm³/mol. The number of carbonyl (C=O) groups excluding carboxylic acids is 2. The van der Waals surface area contributed by atoms with Gasteiger partial charge < -0.3 is 9.84 Å². The van der Waals surface area contributed by atoms with E-state index in [9.17, 15) is 9.59 Å². The second kappa shape index (κ2) is 7.55. The molecule has 2 aromatic carbocycles. The van der Waals surface area contributed by atoms with E-state index < -0.39 is 0 Å². The van der Waals surface area contributed by atoms with Crippen molar-refractivity contribution in [3.8, 4) is 5.75 Å². The Morgan fingerprint density at radius 3 is 2.28 bits per heavy atom. The Labute approximate surface area is 149 Å². The van der Waals surface area contributed by atoms with Gasteiger partial charge in [-0.1, -0.05) is 30.3 Å². The van der Waals surface area contributed by atoms with E-state index in [1.54, 1.807) is 43.5 Å². The predicted octanol–water partition coefficient (Wildman–Crippen LogP) is 2.71. The average molecular weight is 355 g/mol. The second-order valence-corrected chi connectivity index (χ2v) is 6.39. The number of carbonyl (C=O) groups is 2. The lowest BCUT2D eigenvalue weighted by Crippen LogP contribution is -2.31. The van der Waals surface area contributed by atoms with Crippen molar-refractivity contribution in [2.45, 2.75) is 0 Å². The summed E-state index contributed by atoms with van der Waals surface area (Å²) < 4.78 is 5.12.